The topological polar surface area (TPSA) is 74.6 Å². The largest absolute Gasteiger partial charge is 0.481 e. The summed E-state index contributed by atoms with van der Waals surface area (Å²) in [6.45, 7) is 4.46. The van der Waals surface area contributed by atoms with Gasteiger partial charge in [0.15, 0.2) is 0 Å². The van der Waals surface area contributed by atoms with Crippen LogP contribution in [0.1, 0.15) is 142 Å². The normalized spacial score (nSPS) is 12.4. The van der Waals surface area contributed by atoms with Crippen LogP contribution in [0.4, 0.5) is 0 Å². The molecule has 0 saturated carbocycles. The highest BCUT2D eigenvalue weighted by Gasteiger charge is 1.93. The van der Waals surface area contributed by atoms with Crippen molar-refractivity contribution in [1.82, 2.24) is 0 Å². The van der Waals surface area contributed by atoms with Crippen molar-refractivity contribution in [2.75, 3.05) is 0 Å². The van der Waals surface area contributed by atoms with Crippen molar-refractivity contribution in [2.45, 2.75) is 142 Å². The van der Waals surface area contributed by atoms with Gasteiger partial charge in [-0.15, -0.1) is 0 Å². The quantitative estimate of drug-likeness (QED) is 0.0684. The average molecular weight is 609 g/mol. The summed E-state index contributed by atoms with van der Waals surface area (Å²) in [5, 5.41) is 17.0. The van der Waals surface area contributed by atoms with Crippen LogP contribution >= 0.6 is 0 Å². The summed E-state index contributed by atoms with van der Waals surface area (Å²) in [6, 6.07) is 0. The molecule has 0 aromatic heterocycles. The molecule has 4 nitrogen and oxygen atoms in total. The molecule has 248 valence electrons. The summed E-state index contributed by atoms with van der Waals surface area (Å²) >= 11 is 0. The molecule has 0 fully saturated rings. The van der Waals surface area contributed by atoms with E-state index in [2.05, 4.69) is 111 Å². The van der Waals surface area contributed by atoms with E-state index in [4.69, 9.17) is 10.2 Å². The molecule has 0 aliphatic rings. The third-order valence-corrected chi connectivity index (χ3v) is 6.44. The van der Waals surface area contributed by atoms with E-state index in [-0.39, 0.29) is 12.8 Å². The molecule has 0 radical (unpaired) electrons. The van der Waals surface area contributed by atoms with Crippen LogP contribution in [0.15, 0.2) is 97.2 Å². The Bertz CT molecular complexity index is 796. The molecule has 0 aromatic rings. The first-order chi connectivity index (χ1) is 21.5. The van der Waals surface area contributed by atoms with E-state index in [1.807, 2.05) is 0 Å². The number of aliphatic carboxylic acids is 2. The van der Waals surface area contributed by atoms with Crippen LogP contribution in [0.5, 0.6) is 0 Å². The molecule has 0 heterocycles. The lowest BCUT2D eigenvalue weighted by molar-refractivity contribution is -0.138. The second-order valence-corrected chi connectivity index (χ2v) is 10.7. The second-order valence-electron chi connectivity index (χ2n) is 10.7. The van der Waals surface area contributed by atoms with Crippen LogP contribution in [-0.2, 0) is 9.59 Å². The van der Waals surface area contributed by atoms with Crippen molar-refractivity contribution in [3.63, 3.8) is 0 Å². The van der Waals surface area contributed by atoms with Gasteiger partial charge in [0.25, 0.3) is 0 Å². The highest BCUT2D eigenvalue weighted by atomic mass is 16.4. The summed E-state index contributed by atoms with van der Waals surface area (Å²) in [7, 11) is 0. The molecular formula is C40H64O4. The van der Waals surface area contributed by atoms with E-state index < -0.39 is 11.9 Å². The fourth-order valence-electron chi connectivity index (χ4n) is 3.86. The number of hydrogen-bond acceptors (Lipinski definition) is 2. The van der Waals surface area contributed by atoms with Crippen LogP contribution in [0.25, 0.3) is 0 Å². The van der Waals surface area contributed by atoms with Gasteiger partial charge in [0.05, 0.1) is 0 Å². The number of carbonyl (C=O) groups is 2. The Labute approximate surface area is 270 Å². The van der Waals surface area contributed by atoms with E-state index in [0.29, 0.717) is 0 Å². The minimum Gasteiger partial charge on any atom is -0.481 e. The zero-order valence-electron chi connectivity index (χ0n) is 28.1. The Morgan fingerprint density at radius 1 is 0.364 bits per heavy atom. The lowest BCUT2D eigenvalue weighted by atomic mass is 10.2. The first-order valence-corrected chi connectivity index (χ1v) is 17.2. The van der Waals surface area contributed by atoms with Crippen molar-refractivity contribution >= 4 is 11.9 Å². The summed E-state index contributed by atoms with van der Waals surface area (Å²) in [5.74, 6) is -1.42. The molecular weight excluding hydrogens is 544 g/mol. The minimum absolute atomic E-state index is 0.262. The molecule has 2 N–H and O–H groups in total. The molecule has 0 unspecified atom stereocenters. The van der Waals surface area contributed by atoms with Crippen molar-refractivity contribution < 1.29 is 19.8 Å². The van der Waals surface area contributed by atoms with Gasteiger partial charge in [0.1, 0.15) is 0 Å². The molecule has 0 bridgehead atoms. The Morgan fingerprint density at radius 2 is 0.591 bits per heavy atom. The fourth-order valence-corrected chi connectivity index (χ4v) is 3.86. The standard InChI is InChI=1S/2C20H32O2/c2*1-2-3-4-5-6-7-8-9-10-11-12-13-14-15-16-17-18-19-20(21)22/h2*6-7,9-10,12-13,15-16H,2-5,8,11,14,17-19H2,1H3,(H,21,22)/b7-6?,10-9?,13-12?,16-15-;7-6-,10-9-,13-12-,16-15-. The smallest absolute Gasteiger partial charge is 0.303 e. The van der Waals surface area contributed by atoms with Gasteiger partial charge >= 0.3 is 11.9 Å². The van der Waals surface area contributed by atoms with Crippen molar-refractivity contribution in [3.05, 3.63) is 97.2 Å². The monoisotopic (exact) mass is 608 g/mol. The van der Waals surface area contributed by atoms with Gasteiger partial charge in [-0.1, -0.05) is 137 Å². The maximum Gasteiger partial charge on any atom is 0.303 e. The van der Waals surface area contributed by atoms with Crippen LogP contribution in [0, 0.1) is 0 Å². The van der Waals surface area contributed by atoms with E-state index >= 15 is 0 Å². The van der Waals surface area contributed by atoms with Gasteiger partial charge < -0.3 is 10.2 Å². The summed E-state index contributed by atoms with van der Waals surface area (Å²) < 4.78 is 0. The van der Waals surface area contributed by atoms with E-state index in [1.54, 1.807) is 0 Å². The van der Waals surface area contributed by atoms with Crippen molar-refractivity contribution in [1.29, 1.82) is 0 Å². The van der Waals surface area contributed by atoms with Crippen LogP contribution in [0.2, 0.25) is 0 Å². The lowest BCUT2D eigenvalue weighted by Crippen LogP contribution is -1.92. The fraction of sp³-hybridized carbons (Fsp3) is 0.550. The number of carboxylic acids is 2. The number of rotatable bonds is 28. The molecule has 44 heavy (non-hydrogen) atoms. The Balaban J connectivity index is 0. The molecule has 4 heteroatoms. The van der Waals surface area contributed by atoms with E-state index in [9.17, 15) is 9.59 Å². The molecule has 0 rings (SSSR count). The number of hydrogen-bond donors (Lipinski definition) is 2. The number of allylic oxidation sites excluding steroid dienone is 16. The van der Waals surface area contributed by atoms with Crippen LogP contribution < -0.4 is 0 Å². The van der Waals surface area contributed by atoms with Gasteiger partial charge in [0, 0.05) is 12.8 Å². The Hall–Kier alpha value is -3.14. The zero-order chi connectivity index (χ0) is 32.6. The Morgan fingerprint density at radius 3 is 0.818 bits per heavy atom. The molecule has 0 aliphatic carbocycles. The van der Waals surface area contributed by atoms with E-state index in [0.717, 1.165) is 64.2 Å². The van der Waals surface area contributed by atoms with Crippen molar-refractivity contribution in [3.8, 4) is 0 Å². The molecule has 0 atom stereocenters. The number of carboxylic acid groups (broad SMARTS) is 2. The summed E-state index contributed by atoms with van der Waals surface area (Å²) in [5.41, 5.74) is 0. The van der Waals surface area contributed by atoms with Gasteiger partial charge in [-0.25, -0.2) is 0 Å². The first-order valence-electron chi connectivity index (χ1n) is 17.2. The molecule has 0 spiro atoms. The molecule has 0 amide bonds. The highest BCUT2D eigenvalue weighted by molar-refractivity contribution is 5.66. The van der Waals surface area contributed by atoms with Crippen LogP contribution in [0.3, 0.4) is 0 Å². The van der Waals surface area contributed by atoms with Crippen molar-refractivity contribution in [2.24, 2.45) is 0 Å². The molecule has 0 aliphatic heterocycles. The van der Waals surface area contributed by atoms with Gasteiger partial charge in [0.2, 0.25) is 0 Å². The second kappa shape index (κ2) is 39.9. The predicted octanol–water partition coefficient (Wildman–Crippen LogP) is 12.4. The maximum absolute atomic E-state index is 10.3. The van der Waals surface area contributed by atoms with E-state index in [1.165, 1.54) is 51.4 Å². The zero-order valence-corrected chi connectivity index (χ0v) is 28.1. The predicted molar refractivity (Wildman–Crippen MR) is 192 cm³/mol. The third kappa shape index (κ3) is 45.8. The highest BCUT2D eigenvalue weighted by Crippen LogP contribution is 2.03. The maximum atomic E-state index is 10.3. The van der Waals surface area contributed by atoms with Crippen LogP contribution in [-0.4, -0.2) is 22.2 Å². The van der Waals surface area contributed by atoms with Gasteiger partial charge in [-0.2, -0.15) is 0 Å². The molecule has 0 saturated heterocycles. The average Bonchev–Trinajstić information content (AvgIpc) is 3.00. The summed E-state index contributed by atoms with van der Waals surface area (Å²) in [4.78, 5) is 20.6. The minimum atomic E-state index is -0.712. The lowest BCUT2D eigenvalue weighted by Gasteiger charge is -1.90. The third-order valence-electron chi connectivity index (χ3n) is 6.44. The molecule has 0 aromatic carbocycles. The van der Waals surface area contributed by atoms with Gasteiger partial charge in [-0.05, 0) is 89.9 Å². The summed E-state index contributed by atoms with van der Waals surface area (Å²) in [6.07, 6.45) is 54.7. The number of unbranched alkanes of at least 4 members (excludes halogenated alkanes) is 8. The van der Waals surface area contributed by atoms with Gasteiger partial charge in [-0.3, -0.25) is 9.59 Å². The first kappa shape index (κ1) is 43.0. The Kier molecular flexibility index (Phi) is 38.9. The SMILES string of the molecule is CCCCC/C=C\C/C=C\C/C=C\C/C=C\CCCC(=O)O.CCCCCC=CCC=CCC=CC/C=C\CCCC(=O)O.